The molecule has 0 atom stereocenters. The lowest BCUT2D eigenvalue weighted by Gasteiger charge is -2.36. The largest absolute Gasteiger partial charge is 0.350 e. The van der Waals surface area contributed by atoms with Gasteiger partial charge in [0.2, 0.25) is 5.91 Å². The van der Waals surface area contributed by atoms with Gasteiger partial charge in [-0.15, -0.1) is 0 Å². The number of nitrogens with one attached hydrogen (secondary N) is 2. The van der Waals surface area contributed by atoms with Crippen molar-refractivity contribution in [1.29, 1.82) is 5.26 Å². The van der Waals surface area contributed by atoms with E-state index in [0.717, 1.165) is 30.4 Å². The number of benzene rings is 2. The van der Waals surface area contributed by atoms with E-state index in [2.05, 4.69) is 16.7 Å². The minimum absolute atomic E-state index is 0.132. The van der Waals surface area contributed by atoms with E-state index in [1.165, 1.54) is 0 Å². The summed E-state index contributed by atoms with van der Waals surface area (Å²) >= 11 is 0. The van der Waals surface area contributed by atoms with E-state index in [-0.39, 0.29) is 11.8 Å². The predicted octanol–water partition coefficient (Wildman–Crippen LogP) is 4.24. The van der Waals surface area contributed by atoms with Crippen LogP contribution in [0, 0.1) is 11.3 Å². The Morgan fingerprint density at radius 1 is 1.03 bits per heavy atom. The van der Waals surface area contributed by atoms with Gasteiger partial charge < -0.3 is 10.6 Å². The summed E-state index contributed by atoms with van der Waals surface area (Å²) in [6.07, 6.45) is 4.13. The Hall–Kier alpha value is -3.13. The molecule has 0 radical (unpaired) electrons. The fraction of sp³-hybridized carbons (Fsp3) is 0.400. The molecule has 2 aromatic carbocycles. The second kappa shape index (κ2) is 9.13. The Kier molecular flexibility index (Phi) is 6.56. The number of nitriles is 1. The zero-order valence-corrected chi connectivity index (χ0v) is 17.7. The SMILES string of the molecule is CC(C)(C#N)c1cccc(C(=O)NC2(C(=O)NCc3ccccc3)CCCCC2)c1. The zero-order valence-electron chi connectivity index (χ0n) is 17.7. The van der Waals surface area contributed by atoms with Crippen LogP contribution in [0.15, 0.2) is 54.6 Å². The summed E-state index contributed by atoms with van der Waals surface area (Å²) in [4.78, 5) is 26.3. The number of amides is 2. The maximum Gasteiger partial charge on any atom is 0.252 e. The average Bonchev–Trinajstić information content (AvgIpc) is 2.78. The third-order valence-corrected chi connectivity index (χ3v) is 5.92. The van der Waals surface area contributed by atoms with Gasteiger partial charge in [-0.3, -0.25) is 9.59 Å². The van der Waals surface area contributed by atoms with Crippen LogP contribution in [0.25, 0.3) is 0 Å². The molecule has 30 heavy (non-hydrogen) atoms. The Balaban J connectivity index is 1.77. The lowest BCUT2D eigenvalue weighted by Crippen LogP contribution is -2.59. The number of carbonyl (C=O) groups excluding carboxylic acids is 2. The van der Waals surface area contributed by atoms with Crippen LogP contribution >= 0.6 is 0 Å². The van der Waals surface area contributed by atoms with Gasteiger partial charge in [-0.1, -0.05) is 61.7 Å². The van der Waals surface area contributed by atoms with Crippen molar-refractivity contribution in [1.82, 2.24) is 10.6 Å². The zero-order chi connectivity index (χ0) is 21.6. The van der Waals surface area contributed by atoms with E-state index in [0.29, 0.717) is 24.9 Å². The first-order chi connectivity index (χ1) is 14.4. The Morgan fingerprint density at radius 3 is 2.40 bits per heavy atom. The quantitative estimate of drug-likeness (QED) is 0.757. The van der Waals surface area contributed by atoms with E-state index in [1.54, 1.807) is 18.2 Å². The molecule has 1 saturated carbocycles. The van der Waals surface area contributed by atoms with Crippen LogP contribution in [0.4, 0.5) is 0 Å². The third kappa shape index (κ3) is 4.88. The normalized spacial score (nSPS) is 15.6. The van der Waals surface area contributed by atoms with Gasteiger partial charge in [-0.05, 0) is 49.9 Å². The van der Waals surface area contributed by atoms with E-state index in [9.17, 15) is 14.9 Å². The summed E-state index contributed by atoms with van der Waals surface area (Å²) in [5.41, 5.74) is 0.687. The molecular weight excluding hydrogens is 374 g/mol. The molecular formula is C25H29N3O2. The van der Waals surface area contributed by atoms with E-state index < -0.39 is 11.0 Å². The van der Waals surface area contributed by atoms with Crippen LogP contribution in [0.3, 0.4) is 0 Å². The first-order valence-electron chi connectivity index (χ1n) is 10.5. The predicted molar refractivity (Wildman–Crippen MR) is 117 cm³/mol. The van der Waals surface area contributed by atoms with Gasteiger partial charge >= 0.3 is 0 Å². The van der Waals surface area contributed by atoms with E-state index in [4.69, 9.17) is 0 Å². The van der Waals surface area contributed by atoms with Crippen molar-refractivity contribution in [2.45, 2.75) is 63.5 Å². The molecule has 2 amide bonds. The summed E-state index contributed by atoms with van der Waals surface area (Å²) in [5.74, 6) is -0.407. The highest BCUT2D eigenvalue weighted by Crippen LogP contribution is 2.30. The van der Waals surface area contributed by atoms with Crippen molar-refractivity contribution in [3.63, 3.8) is 0 Å². The standard InChI is InChI=1S/C25H29N3O2/c1-24(2,18-26)21-13-9-12-20(16-21)22(29)28-25(14-7-4-8-15-25)23(30)27-17-19-10-5-3-6-11-19/h3,5-6,9-13,16H,4,7-8,14-15,17H2,1-2H3,(H,27,30)(H,28,29). The molecule has 5 nitrogen and oxygen atoms in total. The summed E-state index contributed by atoms with van der Waals surface area (Å²) in [6.45, 7) is 4.08. The Labute approximate surface area is 178 Å². The minimum Gasteiger partial charge on any atom is -0.350 e. The second-order valence-electron chi connectivity index (χ2n) is 8.58. The van der Waals surface area contributed by atoms with Crippen molar-refractivity contribution in [2.75, 3.05) is 0 Å². The van der Waals surface area contributed by atoms with Gasteiger partial charge in [-0.2, -0.15) is 5.26 Å². The molecule has 1 fully saturated rings. The number of rotatable bonds is 6. The van der Waals surface area contributed by atoms with Crippen LogP contribution in [-0.4, -0.2) is 17.4 Å². The summed E-state index contributed by atoms with van der Waals surface area (Å²) in [7, 11) is 0. The highest BCUT2D eigenvalue weighted by Gasteiger charge is 2.41. The molecule has 0 spiro atoms. The molecule has 0 unspecified atom stereocenters. The maximum atomic E-state index is 13.2. The first-order valence-corrected chi connectivity index (χ1v) is 10.5. The van der Waals surface area contributed by atoms with Gasteiger partial charge in [0.25, 0.3) is 5.91 Å². The van der Waals surface area contributed by atoms with Crippen molar-refractivity contribution < 1.29 is 9.59 Å². The van der Waals surface area contributed by atoms with Crippen molar-refractivity contribution in [3.8, 4) is 6.07 Å². The third-order valence-electron chi connectivity index (χ3n) is 5.92. The van der Waals surface area contributed by atoms with Crippen LogP contribution in [0.2, 0.25) is 0 Å². The highest BCUT2D eigenvalue weighted by atomic mass is 16.2. The van der Waals surface area contributed by atoms with E-state index >= 15 is 0 Å². The topological polar surface area (TPSA) is 82.0 Å². The lowest BCUT2D eigenvalue weighted by atomic mass is 9.80. The van der Waals surface area contributed by atoms with Gasteiger partial charge in [0.1, 0.15) is 5.54 Å². The monoisotopic (exact) mass is 403 g/mol. The van der Waals surface area contributed by atoms with E-state index in [1.807, 2.05) is 50.2 Å². The van der Waals surface area contributed by atoms with Gasteiger partial charge in [0.05, 0.1) is 11.5 Å². The van der Waals surface area contributed by atoms with Gasteiger partial charge in [0, 0.05) is 12.1 Å². The average molecular weight is 404 g/mol. The molecule has 2 aromatic rings. The van der Waals surface area contributed by atoms with Crippen molar-refractivity contribution in [2.24, 2.45) is 0 Å². The molecule has 0 aliphatic heterocycles. The van der Waals surface area contributed by atoms with Crippen molar-refractivity contribution in [3.05, 3.63) is 71.3 Å². The molecule has 156 valence electrons. The summed E-state index contributed by atoms with van der Waals surface area (Å²) in [5, 5.41) is 15.5. The Bertz CT molecular complexity index is 938. The highest BCUT2D eigenvalue weighted by molar-refractivity contribution is 5.99. The molecule has 2 N–H and O–H groups in total. The first kappa shape index (κ1) is 21.6. The number of hydrogen-bond donors (Lipinski definition) is 2. The second-order valence-corrected chi connectivity index (χ2v) is 8.58. The molecule has 0 bridgehead atoms. The summed E-state index contributed by atoms with van der Waals surface area (Å²) in [6, 6.07) is 19.1. The molecule has 0 heterocycles. The van der Waals surface area contributed by atoms with Crippen LogP contribution in [0.1, 0.15) is 67.4 Å². The summed E-state index contributed by atoms with van der Waals surface area (Å²) < 4.78 is 0. The number of carbonyl (C=O) groups is 2. The molecule has 1 aliphatic carbocycles. The molecule has 1 aliphatic rings. The fourth-order valence-electron chi connectivity index (χ4n) is 3.91. The van der Waals surface area contributed by atoms with Crippen LogP contribution < -0.4 is 10.6 Å². The van der Waals surface area contributed by atoms with Crippen molar-refractivity contribution >= 4 is 11.8 Å². The minimum atomic E-state index is -0.898. The molecule has 3 rings (SSSR count). The van der Waals surface area contributed by atoms with Crippen LogP contribution in [-0.2, 0) is 16.8 Å². The number of hydrogen-bond acceptors (Lipinski definition) is 3. The maximum absolute atomic E-state index is 13.2. The van der Waals surface area contributed by atoms with Gasteiger partial charge in [0.15, 0.2) is 0 Å². The lowest BCUT2D eigenvalue weighted by molar-refractivity contribution is -0.128. The van der Waals surface area contributed by atoms with Gasteiger partial charge in [-0.25, -0.2) is 0 Å². The molecule has 0 saturated heterocycles. The molecule has 5 heteroatoms. The molecule has 0 aromatic heterocycles. The number of nitrogens with zero attached hydrogens (tertiary/aromatic N) is 1. The Morgan fingerprint density at radius 2 is 1.73 bits per heavy atom. The van der Waals surface area contributed by atoms with Crippen LogP contribution in [0.5, 0.6) is 0 Å². The smallest absolute Gasteiger partial charge is 0.252 e. The fourth-order valence-corrected chi connectivity index (χ4v) is 3.91.